The highest BCUT2D eigenvalue weighted by molar-refractivity contribution is 9.11. The Bertz CT molecular complexity index is 363. The van der Waals surface area contributed by atoms with Crippen LogP contribution in [0.2, 0.25) is 0 Å². The molecule has 0 saturated carbocycles. The zero-order chi connectivity index (χ0) is 14.1. The predicted octanol–water partition coefficient (Wildman–Crippen LogP) is 4.13. The van der Waals surface area contributed by atoms with Crippen LogP contribution >= 0.6 is 31.9 Å². The lowest BCUT2D eigenvalue weighted by Gasteiger charge is -2.10. The Balaban J connectivity index is 2.30. The van der Waals surface area contributed by atoms with Crippen molar-refractivity contribution in [2.45, 2.75) is 26.3 Å². The lowest BCUT2D eigenvalue weighted by atomic mass is 10.2. The zero-order valence-corrected chi connectivity index (χ0v) is 14.6. The molecule has 0 aliphatic carbocycles. The van der Waals surface area contributed by atoms with Gasteiger partial charge in [0.05, 0.1) is 22.7 Å². The van der Waals surface area contributed by atoms with Crippen LogP contribution in [0.3, 0.4) is 0 Å². The van der Waals surface area contributed by atoms with Gasteiger partial charge in [-0.25, -0.2) is 0 Å². The Hall–Kier alpha value is -0.100. The molecule has 0 radical (unpaired) electrons. The number of nitrogens with one attached hydrogen (secondary N) is 1. The van der Waals surface area contributed by atoms with Gasteiger partial charge in [-0.3, -0.25) is 0 Å². The van der Waals surface area contributed by atoms with Crippen LogP contribution < -0.4 is 10.1 Å². The molecule has 0 spiro atoms. The fraction of sp³-hybridized carbons (Fsp3) is 0.571. The average molecular weight is 395 g/mol. The number of unbranched alkanes of at least 4 members (excludes halogenated alkanes) is 1. The van der Waals surface area contributed by atoms with E-state index in [1.165, 1.54) is 12.0 Å². The maximum absolute atomic E-state index is 5.49. The first kappa shape index (κ1) is 17.0. The standard InChI is InChI=1S/C14H21Br2NO2/c1-3-4-6-19-7-5-17-10-11-8-12(15)14(18-2)13(16)9-11/h8-9,17H,3-7,10H2,1-2H3. The van der Waals surface area contributed by atoms with E-state index in [9.17, 15) is 0 Å². The molecular formula is C14H21Br2NO2. The second-order valence-corrected chi connectivity index (χ2v) is 5.94. The molecule has 1 rings (SSSR count). The molecule has 0 aliphatic heterocycles. The molecule has 0 aliphatic rings. The SMILES string of the molecule is CCCCOCCNCc1cc(Br)c(OC)c(Br)c1. The summed E-state index contributed by atoms with van der Waals surface area (Å²) in [5.41, 5.74) is 1.20. The van der Waals surface area contributed by atoms with Gasteiger partial charge in [0.2, 0.25) is 0 Å². The van der Waals surface area contributed by atoms with Gasteiger partial charge in [-0.15, -0.1) is 0 Å². The molecule has 1 aromatic carbocycles. The third-order valence-electron chi connectivity index (χ3n) is 2.66. The molecule has 0 heterocycles. The minimum absolute atomic E-state index is 0.762. The highest BCUT2D eigenvalue weighted by Crippen LogP contribution is 2.34. The van der Waals surface area contributed by atoms with Gasteiger partial charge in [-0.2, -0.15) is 0 Å². The number of benzene rings is 1. The first-order chi connectivity index (χ1) is 9.19. The Morgan fingerprint density at radius 3 is 2.42 bits per heavy atom. The second-order valence-electron chi connectivity index (χ2n) is 4.24. The van der Waals surface area contributed by atoms with Gasteiger partial charge in [0, 0.05) is 19.7 Å². The second kappa shape index (κ2) is 9.75. The Labute approximate surface area is 132 Å². The quantitative estimate of drug-likeness (QED) is 0.639. The van der Waals surface area contributed by atoms with Gasteiger partial charge < -0.3 is 14.8 Å². The highest BCUT2D eigenvalue weighted by Gasteiger charge is 2.07. The summed E-state index contributed by atoms with van der Waals surface area (Å²) in [5.74, 6) is 0.826. The molecule has 19 heavy (non-hydrogen) atoms. The minimum atomic E-state index is 0.762. The summed E-state index contributed by atoms with van der Waals surface area (Å²) in [4.78, 5) is 0. The summed E-state index contributed by atoms with van der Waals surface area (Å²) < 4.78 is 12.7. The number of halogens is 2. The molecule has 0 amide bonds. The molecule has 5 heteroatoms. The summed E-state index contributed by atoms with van der Waals surface area (Å²) in [6.07, 6.45) is 2.32. The van der Waals surface area contributed by atoms with Crippen molar-refractivity contribution in [3.63, 3.8) is 0 Å². The molecule has 3 nitrogen and oxygen atoms in total. The van der Waals surface area contributed by atoms with E-state index in [-0.39, 0.29) is 0 Å². The van der Waals surface area contributed by atoms with Crippen molar-refractivity contribution in [1.82, 2.24) is 5.32 Å². The summed E-state index contributed by atoms with van der Waals surface area (Å²) in [5, 5.41) is 3.36. The minimum Gasteiger partial charge on any atom is -0.494 e. The molecule has 0 fully saturated rings. The van der Waals surface area contributed by atoms with Crippen molar-refractivity contribution >= 4 is 31.9 Å². The van der Waals surface area contributed by atoms with Gasteiger partial charge in [0.1, 0.15) is 5.75 Å². The number of hydrogen-bond donors (Lipinski definition) is 1. The van der Waals surface area contributed by atoms with Gasteiger partial charge in [-0.05, 0) is 56.0 Å². The molecule has 0 bridgehead atoms. The van der Waals surface area contributed by atoms with Crippen molar-refractivity contribution in [2.75, 3.05) is 26.9 Å². The van der Waals surface area contributed by atoms with Crippen LogP contribution in [0, 0.1) is 0 Å². The average Bonchev–Trinajstić information content (AvgIpc) is 2.37. The van der Waals surface area contributed by atoms with Crippen LogP contribution in [0.1, 0.15) is 25.3 Å². The van der Waals surface area contributed by atoms with E-state index in [2.05, 4.69) is 56.2 Å². The van der Waals surface area contributed by atoms with E-state index in [0.29, 0.717) is 0 Å². The maximum atomic E-state index is 5.49. The Kier molecular flexibility index (Phi) is 8.70. The first-order valence-electron chi connectivity index (χ1n) is 6.49. The zero-order valence-electron chi connectivity index (χ0n) is 11.5. The predicted molar refractivity (Wildman–Crippen MR) is 85.8 cm³/mol. The van der Waals surface area contributed by atoms with Crippen LogP contribution in [0.15, 0.2) is 21.1 Å². The number of ether oxygens (including phenoxy) is 2. The van der Waals surface area contributed by atoms with Gasteiger partial charge in [0.25, 0.3) is 0 Å². The van der Waals surface area contributed by atoms with E-state index >= 15 is 0 Å². The van der Waals surface area contributed by atoms with E-state index in [1.54, 1.807) is 7.11 Å². The fourth-order valence-corrected chi connectivity index (χ4v) is 3.24. The van der Waals surface area contributed by atoms with Crippen LogP contribution in [-0.2, 0) is 11.3 Å². The summed E-state index contributed by atoms with van der Waals surface area (Å²) in [6.45, 7) is 5.47. The number of methoxy groups -OCH3 is 1. The molecule has 0 atom stereocenters. The van der Waals surface area contributed by atoms with E-state index in [4.69, 9.17) is 9.47 Å². The van der Waals surface area contributed by atoms with E-state index in [1.807, 2.05) is 0 Å². The van der Waals surface area contributed by atoms with Gasteiger partial charge in [0.15, 0.2) is 0 Å². The van der Waals surface area contributed by atoms with Crippen LogP contribution in [0.25, 0.3) is 0 Å². The summed E-state index contributed by atoms with van der Waals surface area (Å²) in [6, 6.07) is 4.13. The van der Waals surface area contributed by atoms with Crippen LogP contribution in [0.4, 0.5) is 0 Å². The normalized spacial score (nSPS) is 10.7. The smallest absolute Gasteiger partial charge is 0.147 e. The van der Waals surface area contributed by atoms with Crippen molar-refractivity contribution in [3.8, 4) is 5.75 Å². The highest BCUT2D eigenvalue weighted by atomic mass is 79.9. The maximum Gasteiger partial charge on any atom is 0.147 e. The largest absolute Gasteiger partial charge is 0.494 e. The van der Waals surface area contributed by atoms with Gasteiger partial charge in [-0.1, -0.05) is 13.3 Å². The molecule has 1 aromatic rings. The number of hydrogen-bond acceptors (Lipinski definition) is 3. The molecule has 108 valence electrons. The van der Waals surface area contributed by atoms with Crippen LogP contribution in [0.5, 0.6) is 5.75 Å². The van der Waals surface area contributed by atoms with Crippen molar-refractivity contribution in [3.05, 3.63) is 26.6 Å². The fourth-order valence-electron chi connectivity index (χ4n) is 1.63. The van der Waals surface area contributed by atoms with Crippen LogP contribution in [-0.4, -0.2) is 26.9 Å². The molecule has 0 aromatic heterocycles. The van der Waals surface area contributed by atoms with Crippen molar-refractivity contribution in [2.24, 2.45) is 0 Å². The molecular weight excluding hydrogens is 374 g/mol. The Morgan fingerprint density at radius 2 is 1.84 bits per heavy atom. The molecule has 0 unspecified atom stereocenters. The van der Waals surface area contributed by atoms with Gasteiger partial charge >= 0.3 is 0 Å². The number of rotatable bonds is 9. The monoisotopic (exact) mass is 393 g/mol. The van der Waals surface area contributed by atoms with E-state index < -0.39 is 0 Å². The summed E-state index contributed by atoms with van der Waals surface area (Å²) in [7, 11) is 1.66. The molecule has 0 saturated heterocycles. The van der Waals surface area contributed by atoms with E-state index in [0.717, 1.165) is 47.4 Å². The topological polar surface area (TPSA) is 30.5 Å². The Morgan fingerprint density at radius 1 is 1.16 bits per heavy atom. The lowest BCUT2D eigenvalue weighted by Crippen LogP contribution is -2.19. The first-order valence-corrected chi connectivity index (χ1v) is 8.08. The third kappa shape index (κ3) is 6.25. The third-order valence-corrected chi connectivity index (χ3v) is 3.83. The molecule has 1 N–H and O–H groups in total. The summed E-state index contributed by atoms with van der Waals surface area (Å²) >= 11 is 7.00. The lowest BCUT2D eigenvalue weighted by molar-refractivity contribution is 0.133. The van der Waals surface area contributed by atoms with Crippen molar-refractivity contribution in [1.29, 1.82) is 0 Å². The van der Waals surface area contributed by atoms with Crippen molar-refractivity contribution < 1.29 is 9.47 Å².